The third-order valence-electron chi connectivity index (χ3n) is 11.0. The van der Waals surface area contributed by atoms with Gasteiger partial charge in [-0.15, -0.1) is 0 Å². The number of pyridine rings is 1. The van der Waals surface area contributed by atoms with Crippen LogP contribution in [0.1, 0.15) is 49.2 Å². The first-order valence-corrected chi connectivity index (χ1v) is 21.1. The largest absolute Gasteiger partial charge is 0.483 e. The summed E-state index contributed by atoms with van der Waals surface area (Å²) in [5, 5.41) is 25.8. The molecule has 2 heterocycles. The molecule has 6 aromatic rings. The molecule has 13 heteroatoms. The number of aromatic nitrogens is 3. The Hall–Kier alpha value is -6.86. The van der Waals surface area contributed by atoms with Crippen LogP contribution in [0.3, 0.4) is 0 Å². The maximum atomic E-state index is 14.4. The van der Waals surface area contributed by atoms with Crippen molar-refractivity contribution in [1.29, 1.82) is 0 Å². The van der Waals surface area contributed by atoms with Crippen molar-refractivity contribution in [3.63, 3.8) is 0 Å². The Balaban J connectivity index is 1.20. The van der Waals surface area contributed by atoms with E-state index in [1.807, 2.05) is 123 Å². The van der Waals surface area contributed by atoms with Crippen LogP contribution in [-0.2, 0) is 45.0 Å². The van der Waals surface area contributed by atoms with E-state index in [0.717, 1.165) is 21.9 Å². The number of imidazole rings is 1. The van der Waals surface area contributed by atoms with Crippen LogP contribution in [0, 0.1) is 11.8 Å². The van der Waals surface area contributed by atoms with Gasteiger partial charge in [-0.25, -0.2) is 4.98 Å². The molecule has 0 aliphatic carbocycles. The predicted molar refractivity (Wildman–Crippen MR) is 237 cm³/mol. The molecule has 322 valence electrons. The highest BCUT2D eigenvalue weighted by atomic mass is 16.5. The van der Waals surface area contributed by atoms with Gasteiger partial charge in [0.15, 0.2) is 6.61 Å². The second kappa shape index (κ2) is 22.7. The van der Waals surface area contributed by atoms with Crippen LogP contribution in [-0.4, -0.2) is 74.5 Å². The van der Waals surface area contributed by atoms with Crippen LogP contribution < -0.4 is 26.0 Å². The van der Waals surface area contributed by atoms with E-state index in [2.05, 4.69) is 36.2 Å². The number of carbonyl (C=O) groups excluding carboxylic acids is 4. The van der Waals surface area contributed by atoms with Gasteiger partial charge in [0, 0.05) is 35.9 Å². The summed E-state index contributed by atoms with van der Waals surface area (Å²) >= 11 is 0. The minimum Gasteiger partial charge on any atom is -0.483 e. The zero-order valence-electron chi connectivity index (χ0n) is 35.1. The number of benzene rings is 4. The molecule has 4 amide bonds. The second-order valence-electron chi connectivity index (χ2n) is 15.6. The van der Waals surface area contributed by atoms with Crippen molar-refractivity contribution in [2.24, 2.45) is 11.8 Å². The Labute approximate surface area is 362 Å². The van der Waals surface area contributed by atoms with E-state index in [0.29, 0.717) is 30.0 Å². The van der Waals surface area contributed by atoms with E-state index in [-0.39, 0.29) is 44.2 Å². The highest BCUT2D eigenvalue weighted by molar-refractivity contribution is 5.91. The van der Waals surface area contributed by atoms with Gasteiger partial charge >= 0.3 is 0 Å². The van der Waals surface area contributed by atoms with Crippen LogP contribution in [0.25, 0.3) is 10.8 Å². The molecule has 6 N–H and O–H groups in total. The molecule has 6 rings (SSSR count). The lowest BCUT2D eigenvalue weighted by Crippen LogP contribution is -2.54. The van der Waals surface area contributed by atoms with Gasteiger partial charge in [-0.05, 0) is 59.9 Å². The minimum atomic E-state index is -1.26. The number of hydrogen-bond donors (Lipinski definition) is 6. The number of rotatable bonds is 22. The summed E-state index contributed by atoms with van der Waals surface area (Å²) in [5.41, 5.74) is 3.02. The SMILES string of the molecule is CC[C@H](C)[C@H](NC(=O)[C@H](Cc1ccccc1)[C@H](O)C[C@H](Cc1ccccc1)NC(=O)[C@H](Cc1cnc[nH]1)NC(=O)COc1cccc2ccccc12)C(=O)NCc1ccccn1. The summed E-state index contributed by atoms with van der Waals surface area (Å²) in [5.74, 6) is -2.50. The lowest BCUT2D eigenvalue weighted by molar-refractivity contribution is -0.135. The maximum Gasteiger partial charge on any atom is 0.258 e. The molecular formula is C49H55N7O6. The van der Waals surface area contributed by atoms with E-state index in [9.17, 15) is 24.3 Å². The Kier molecular flexibility index (Phi) is 16.3. The van der Waals surface area contributed by atoms with Crippen LogP contribution in [0.5, 0.6) is 5.75 Å². The number of nitrogens with one attached hydrogen (secondary N) is 5. The molecule has 0 unspecified atom stereocenters. The fourth-order valence-corrected chi connectivity index (χ4v) is 7.40. The third-order valence-corrected chi connectivity index (χ3v) is 11.0. The highest BCUT2D eigenvalue weighted by Gasteiger charge is 2.35. The first-order valence-electron chi connectivity index (χ1n) is 21.1. The van der Waals surface area contributed by atoms with Crippen molar-refractivity contribution in [2.45, 2.75) is 76.7 Å². The van der Waals surface area contributed by atoms with Gasteiger partial charge in [-0.3, -0.25) is 24.2 Å². The lowest BCUT2D eigenvalue weighted by Gasteiger charge is -2.30. The quantitative estimate of drug-likeness (QED) is 0.0535. The van der Waals surface area contributed by atoms with Gasteiger partial charge in [-0.2, -0.15) is 0 Å². The van der Waals surface area contributed by atoms with E-state index in [1.54, 1.807) is 24.5 Å². The molecule has 0 spiro atoms. The number of nitrogens with zero attached hydrogens (tertiary/aromatic N) is 2. The highest BCUT2D eigenvalue weighted by Crippen LogP contribution is 2.25. The van der Waals surface area contributed by atoms with Crippen LogP contribution in [0.15, 0.2) is 140 Å². The zero-order chi connectivity index (χ0) is 43.7. The van der Waals surface area contributed by atoms with Crippen molar-refractivity contribution >= 4 is 34.4 Å². The molecule has 0 fully saturated rings. The van der Waals surface area contributed by atoms with Gasteiger partial charge in [0.25, 0.3) is 5.91 Å². The molecule has 0 radical (unpaired) electrons. The molecule has 62 heavy (non-hydrogen) atoms. The summed E-state index contributed by atoms with van der Waals surface area (Å²) < 4.78 is 5.94. The number of H-pyrrole nitrogens is 1. The van der Waals surface area contributed by atoms with E-state index >= 15 is 0 Å². The van der Waals surface area contributed by atoms with E-state index in [4.69, 9.17) is 4.74 Å². The first kappa shape index (κ1) is 44.7. The van der Waals surface area contributed by atoms with Crippen LogP contribution in [0.2, 0.25) is 0 Å². The molecule has 0 aliphatic heterocycles. The van der Waals surface area contributed by atoms with Crippen molar-refractivity contribution in [3.05, 3.63) is 163 Å². The Morgan fingerprint density at radius 2 is 1.44 bits per heavy atom. The van der Waals surface area contributed by atoms with Crippen molar-refractivity contribution in [1.82, 2.24) is 36.2 Å². The van der Waals surface area contributed by atoms with Gasteiger partial charge in [0.2, 0.25) is 17.7 Å². The molecule has 0 saturated heterocycles. The molecule has 13 nitrogen and oxygen atoms in total. The fourth-order valence-electron chi connectivity index (χ4n) is 7.40. The topological polar surface area (TPSA) is 187 Å². The fraction of sp³-hybridized carbons (Fsp3) is 0.306. The summed E-state index contributed by atoms with van der Waals surface area (Å²) in [7, 11) is 0. The molecule has 4 aromatic carbocycles. The lowest BCUT2D eigenvalue weighted by atomic mass is 9.87. The average Bonchev–Trinajstić information content (AvgIpc) is 3.82. The van der Waals surface area contributed by atoms with Crippen molar-refractivity contribution in [3.8, 4) is 5.75 Å². The molecular weight excluding hydrogens is 783 g/mol. The molecule has 0 bridgehead atoms. The smallest absolute Gasteiger partial charge is 0.258 e. The number of hydrogen-bond acceptors (Lipinski definition) is 8. The zero-order valence-corrected chi connectivity index (χ0v) is 35.1. The summed E-state index contributed by atoms with van der Waals surface area (Å²) in [6.45, 7) is 3.71. The summed E-state index contributed by atoms with van der Waals surface area (Å²) in [6, 6.07) is 35.0. The standard InChI is InChI=1S/C49H55N7O6/c1-3-33(2)46(49(61)52-30-37-21-12-13-24-51-37)56-47(59)41(26-35-17-8-5-9-18-35)43(57)28-38(25-34-15-6-4-7-16-34)54-48(60)42(27-39-29-50-32-53-39)55-45(58)31-62-44-23-14-20-36-19-10-11-22-40(36)44/h4-24,29,32-33,38,41-43,46,57H,3,25-28,30-31H2,1-2H3,(H,50,53)(H,52,61)(H,54,60)(H,55,58)(H,56,59)/t33-,38-,41+,42-,43+,46-/m0/s1. The average molecular weight is 838 g/mol. The number of aromatic amines is 1. The number of amides is 4. The maximum absolute atomic E-state index is 14.4. The summed E-state index contributed by atoms with van der Waals surface area (Å²) in [6.07, 6.45) is 4.68. The van der Waals surface area contributed by atoms with Gasteiger partial charge < -0.3 is 36.1 Å². The number of aliphatic hydroxyl groups excluding tert-OH is 1. The Morgan fingerprint density at radius 3 is 2.13 bits per heavy atom. The van der Waals surface area contributed by atoms with E-state index < -0.39 is 47.9 Å². The number of carbonyl (C=O) groups is 4. The van der Waals surface area contributed by atoms with Gasteiger partial charge in [0.1, 0.15) is 17.8 Å². The van der Waals surface area contributed by atoms with Crippen LogP contribution in [0.4, 0.5) is 0 Å². The van der Waals surface area contributed by atoms with Crippen LogP contribution >= 0.6 is 0 Å². The van der Waals surface area contributed by atoms with Gasteiger partial charge in [-0.1, -0.05) is 123 Å². The van der Waals surface area contributed by atoms with Crippen molar-refractivity contribution < 1.29 is 29.0 Å². The molecule has 6 atom stereocenters. The third kappa shape index (κ3) is 13.1. The predicted octanol–water partition coefficient (Wildman–Crippen LogP) is 5.25. The monoisotopic (exact) mass is 837 g/mol. The number of ether oxygens (including phenoxy) is 1. The Morgan fingerprint density at radius 1 is 0.742 bits per heavy atom. The summed E-state index contributed by atoms with van der Waals surface area (Å²) in [4.78, 5) is 67.2. The molecule has 0 aliphatic rings. The Bertz CT molecular complexity index is 2320. The number of fused-ring (bicyclic) bond motifs is 1. The second-order valence-corrected chi connectivity index (χ2v) is 15.6. The minimum absolute atomic E-state index is 0.0135. The van der Waals surface area contributed by atoms with E-state index in [1.165, 1.54) is 6.33 Å². The molecule has 0 saturated carbocycles. The van der Waals surface area contributed by atoms with Crippen molar-refractivity contribution in [2.75, 3.05) is 6.61 Å². The van der Waals surface area contributed by atoms with Gasteiger partial charge in [0.05, 0.1) is 30.6 Å². The first-order chi connectivity index (χ1) is 30.2. The number of aliphatic hydroxyl groups is 1. The normalized spacial score (nSPS) is 14.0. The molecule has 2 aromatic heterocycles.